The average molecular weight is 212 g/mol. The maximum atomic E-state index is 10.2. The molecule has 0 aliphatic carbocycles. The summed E-state index contributed by atoms with van der Waals surface area (Å²) in [5, 5.41) is 10.2. The fourth-order valence-electron chi connectivity index (χ4n) is 1.76. The molecule has 0 aliphatic heterocycles. The van der Waals surface area contributed by atoms with E-state index in [9.17, 15) is 5.11 Å². The van der Waals surface area contributed by atoms with E-state index in [1.807, 2.05) is 42.5 Å². The number of hydrogen-bond donors (Lipinski definition) is 1. The van der Waals surface area contributed by atoms with Crippen LogP contribution in [0.3, 0.4) is 0 Å². The van der Waals surface area contributed by atoms with Crippen LogP contribution in [-0.2, 0) is 6.42 Å². The van der Waals surface area contributed by atoms with Crippen LogP contribution >= 0.6 is 0 Å². The predicted octanol–water partition coefficient (Wildman–Crippen LogP) is 3.33. The summed E-state index contributed by atoms with van der Waals surface area (Å²) in [7, 11) is 0. The molecule has 0 radical (unpaired) electrons. The summed E-state index contributed by atoms with van der Waals surface area (Å²) in [5.41, 5.74) is 3.18. The normalized spacial score (nSPS) is 12.4. The molecular formula is C15H16O. The van der Waals surface area contributed by atoms with Crippen LogP contribution in [0.15, 0.2) is 54.6 Å². The Morgan fingerprint density at radius 1 is 0.875 bits per heavy atom. The Morgan fingerprint density at radius 3 is 2.00 bits per heavy atom. The number of aliphatic hydroxyl groups excluding tert-OH is 1. The van der Waals surface area contributed by atoms with Gasteiger partial charge in [-0.15, -0.1) is 0 Å². The molecule has 1 nitrogen and oxygen atoms in total. The number of benzene rings is 2. The van der Waals surface area contributed by atoms with E-state index in [4.69, 9.17) is 0 Å². The summed E-state index contributed by atoms with van der Waals surface area (Å²) in [6, 6.07) is 17.9. The van der Waals surface area contributed by atoms with E-state index in [1.165, 1.54) is 5.56 Å². The molecule has 1 heteroatoms. The fourth-order valence-corrected chi connectivity index (χ4v) is 1.76. The van der Waals surface area contributed by atoms with Crippen LogP contribution in [0.2, 0.25) is 0 Å². The molecule has 0 spiro atoms. The fraction of sp³-hybridized carbons (Fsp3) is 0.200. The van der Waals surface area contributed by atoms with Crippen molar-refractivity contribution < 1.29 is 5.11 Å². The van der Waals surface area contributed by atoms with Crippen LogP contribution in [0.5, 0.6) is 0 Å². The van der Waals surface area contributed by atoms with Crippen LogP contribution in [-0.4, -0.2) is 5.11 Å². The topological polar surface area (TPSA) is 20.2 Å². The summed E-state index contributed by atoms with van der Waals surface area (Å²) in [6.45, 7) is 2.13. The first kappa shape index (κ1) is 10.9. The van der Waals surface area contributed by atoms with Gasteiger partial charge in [0.1, 0.15) is 6.10 Å². The number of hydrogen-bond acceptors (Lipinski definition) is 1. The third kappa shape index (κ3) is 2.31. The van der Waals surface area contributed by atoms with Crippen LogP contribution in [0.4, 0.5) is 0 Å². The SMILES string of the molecule is CCc1ccc(C(O)c2ccccc2)cc1. The lowest BCUT2D eigenvalue weighted by atomic mass is 10.00. The molecule has 1 atom stereocenters. The molecule has 0 aliphatic rings. The van der Waals surface area contributed by atoms with Crippen molar-refractivity contribution in [3.8, 4) is 0 Å². The maximum Gasteiger partial charge on any atom is 0.104 e. The van der Waals surface area contributed by atoms with Gasteiger partial charge >= 0.3 is 0 Å². The molecule has 2 aromatic carbocycles. The highest BCUT2D eigenvalue weighted by Crippen LogP contribution is 2.21. The molecule has 1 N–H and O–H groups in total. The van der Waals surface area contributed by atoms with Gasteiger partial charge in [-0.05, 0) is 23.1 Å². The Morgan fingerprint density at radius 2 is 1.44 bits per heavy atom. The molecule has 0 amide bonds. The maximum absolute atomic E-state index is 10.2. The number of aliphatic hydroxyl groups is 1. The van der Waals surface area contributed by atoms with Gasteiger partial charge in [0.05, 0.1) is 0 Å². The first-order chi connectivity index (χ1) is 7.81. The van der Waals surface area contributed by atoms with Gasteiger partial charge in [-0.25, -0.2) is 0 Å². The van der Waals surface area contributed by atoms with Crippen molar-refractivity contribution >= 4 is 0 Å². The van der Waals surface area contributed by atoms with Gasteiger partial charge in [0, 0.05) is 0 Å². The molecule has 2 aromatic rings. The Bertz CT molecular complexity index is 431. The number of aryl methyl sites for hydroxylation is 1. The van der Waals surface area contributed by atoms with Crippen LogP contribution in [0.1, 0.15) is 29.7 Å². The van der Waals surface area contributed by atoms with Crippen LogP contribution in [0.25, 0.3) is 0 Å². The molecule has 0 aromatic heterocycles. The first-order valence-corrected chi connectivity index (χ1v) is 5.63. The van der Waals surface area contributed by atoms with Crippen molar-refractivity contribution in [2.24, 2.45) is 0 Å². The van der Waals surface area contributed by atoms with E-state index < -0.39 is 6.10 Å². The van der Waals surface area contributed by atoms with Crippen molar-refractivity contribution in [3.63, 3.8) is 0 Å². The molecule has 0 saturated heterocycles. The van der Waals surface area contributed by atoms with Crippen molar-refractivity contribution in [1.82, 2.24) is 0 Å². The second kappa shape index (κ2) is 4.95. The summed E-state index contributed by atoms with van der Waals surface area (Å²) in [6.07, 6.45) is 0.508. The van der Waals surface area contributed by atoms with Crippen molar-refractivity contribution in [2.45, 2.75) is 19.4 Å². The zero-order chi connectivity index (χ0) is 11.4. The average Bonchev–Trinajstić information content (AvgIpc) is 2.39. The highest BCUT2D eigenvalue weighted by molar-refractivity contribution is 5.31. The largest absolute Gasteiger partial charge is 0.384 e. The Labute approximate surface area is 96.4 Å². The zero-order valence-electron chi connectivity index (χ0n) is 9.43. The minimum absolute atomic E-state index is 0.521. The van der Waals surface area contributed by atoms with Crippen LogP contribution in [0, 0.1) is 0 Å². The van der Waals surface area contributed by atoms with E-state index >= 15 is 0 Å². The van der Waals surface area contributed by atoms with E-state index in [1.54, 1.807) is 0 Å². The van der Waals surface area contributed by atoms with Gasteiger partial charge in [0.15, 0.2) is 0 Å². The van der Waals surface area contributed by atoms with Gasteiger partial charge < -0.3 is 5.11 Å². The lowest BCUT2D eigenvalue weighted by Gasteiger charge is -2.11. The summed E-state index contributed by atoms with van der Waals surface area (Å²) >= 11 is 0. The minimum atomic E-state index is -0.521. The van der Waals surface area contributed by atoms with E-state index in [0.717, 1.165) is 17.5 Å². The third-order valence-electron chi connectivity index (χ3n) is 2.82. The zero-order valence-corrected chi connectivity index (χ0v) is 9.43. The van der Waals surface area contributed by atoms with E-state index in [2.05, 4.69) is 19.1 Å². The molecule has 0 heterocycles. The highest BCUT2D eigenvalue weighted by atomic mass is 16.3. The molecule has 82 valence electrons. The van der Waals surface area contributed by atoms with Crippen molar-refractivity contribution in [3.05, 3.63) is 71.3 Å². The predicted molar refractivity (Wildman–Crippen MR) is 66.3 cm³/mol. The molecule has 0 saturated carbocycles. The monoisotopic (exact) mass is 212 g/mol. The third-order valence-corrected chi connectivity index (χ3v) is 2.82. The van der Waals surface area contributed by atoms with Gasteiger partial charge in [-0.1, -0.05) is 61.5 Å². The lowest BCUT2D eigenvalue weighted by Crippen LogP contribution is -1.99. The first-order valence-electron chi connectivity index (χ1n) is 5.63. The minimum Gasteiger partial charge on any atom is -0.384 e. The van der Waals surface area contributed by atoms with Gasteiger partial charge in [0.25, 0.3) is 0 Å². The molecular weight excluding hydrogens is 196 g/mol. The summed E-state index contributed by atoms with van der Waals surface area (Å²) in [4.78, 5) is 0. The lowest BCUT2D eigenvalue weighted by molar-refractivity contribution is 0.220. The molecule has 0 fully saturated rings. The molecule has 2 rings (SSSR count). The van der Waals surface area contributed by atoms with Gasteiger partial charge in [-0.2, -0.15) is 0 Å². The second-order valence-electron chi connectivity index (χ2n) is 3.91. The van der Waals surface area contributed by atoms with E-state index in [0.29, 0.717) is 0 Å². The van der Waals surface area contributed by atoms with Crippen molar-refractivity contribution in [1.29, 1.82) is 0 Å². The molecule has 16 heavy (non-hydrogen) atoms. The Hall–Kier alpha value is -1.60. The van der Waals surface area contributed by atoms with Gasteiger partial charge in [0.2, 0.25) is 0 Å². The number of rotatable bonds is 3. The highest BCUT2D eigenvalue weighted by Gasteiger charge is 2.08. The Kier molecular flexibility index (Phi) is 3.37. The van der Waals surface area contributed by atoms with Crippen molar-refractivity contribution in [2.75, 3.05) is 0 Å². The van der Waals surface area contributed by atoms with Crippen LogP contribution < -0.4 is 0 Å². The quantitative estimate of drug-likeness (QED) is 0.827. The molecule has 1 unspecified atom stereocenters. The summed E-state index contributed by atoms with van der Waals surface area (Å²) < 4.78 is 0. The second-order valence-corrected chi connectivity index (χ2v) is 3.91. The van der Waals surface area contributed by atoms with Gasteiger partial charge in [-0.3, -0.25) is 0 Å². The van der Waals surface area contributed by atoms with E-state index in [-0.39, 0.29) is 0 Å². The standard InChI is InChI=1S/C15H16O/c1-2-12-8-10-14(11-9-12)15(16)13-6-4-3-5-7-13/h3-11,15-16H,2H2,1H3. The Balaban J connectivity index is 2.24. The smallest absolute Gasteiger partial charge is 0.104 e. The molecule has 0 bridgehead atoms. The summed E-state index contributed by atoms with van der Waals surface area (Å²) in [5.74, 6) is 0.